The van der Waals surface area contributed by atoms with Crippen LogP contribution in [0.15, 0.2) is 0 Å². The monoisotopic (exact) mass is 214 g/mol. The van der Waals surface area contributed by atoms with Gasteiger partial charge in [-0.2, -0.15) is 0 Å². The third-order valence-corrected chi connectivity index (χ3v) is 3.23. The summed E-state index contributed by atoms with van der Waals surface area (Å²) in [5.41, 5.74) is 0. The summed E-state index contributed by atoms with van der Waals surface area (Å²) in [4.78, 5) is 2.59. The van der Waals surface area contributed by atoms with E-state index in [2.05, 4.69) is 31.0 Å². The highest BCUT2D eigenvalue weighted by Crippen LogP contribution is 2.07. The summed E-state index contributed by atoms with van der Waals surface area (Å²) in [6.45, 7) is 11.8. The van der Waals surface area contributed by atoms with E-state index < -0.39 is 0 Å². The number of hydrogen-bond donors (Lipinski definition) is 1. The van der Waals surface area contributed by atoms with E-state index in [0.717, 1.165) is 12.5 Å². The highest BCUT2D eigenvalue weighted by molar-refractivity contribution is 4.59. The Balaban J connectivity index is 3.46. The Morgan fingerprint density at radius 2 is 1.87 bits per heavy atom. The van der Waals surface area contributed by atoms with Gasteiger partial charge < -0.3 is 10.2 Å². The van der Waals surface area contributed by atoms with Gasteiger partial charge >= 0.3 is 0 Å². The number of rotatable bonds is 10. The Morgan fingerprint density at radius 1 is 1.13 bits per heavy atom. The van der Waals surface area contributed by atoms with Crippen molar-refractivity contribution in [1.82, 2.24) is 10.2 Å². The highest BCUT2D eigenvalue weighted by atomic mass is 15.1. The molecule has 92 valence electrons. The molecule has 0 radical (unpaired) electrons. The molecule has 0 saturated heterocycles. The summed E-state index contributed by atoms with van der Waals surface area (Å²) in [5.74, 6) is 0.886. The molecule has 1 unspecified atom stereocenters. The lowest BCUT2D eigenvalue weighted by Crippen LogP contribution is -2.27. The molecule has 0 fully saturated rings. The molecule has 0 amide bonds. The molecular weight excluding hydrogens is 184 g/mol. The lowest BCUT2D eigenvalue weighted by molar-refractivity contribution is 0.260. The minimum absolute atomic E-state index is 0.886. The van der Waals surface area contributed by atoms with Crippen LogP contribution in [-0.4, -0.2) is 38.1 Å². The van der Waals surface area contributed by atoms with E-state index in [1.54, 1.807) is 0 Å². The second kappa shape index (κ2) is 10.4. The summed E-state index contributed by atoms with van der Waals surface area (Å²) in [6, 6.07) is 0. The molecule has 2 nitrogen and oxygen atoms in total. The molecule has 0 aromatic heterocycles. The standard InChI is InChI=1S/C13H30N2/c1-5-13(3)9-12-15(6-2)11-8-7-10-14-4/h13-14H,5-12H2,1-4H3. The third kappa shape index (κ3) is 8.88. The maximum atomic E-state index is 3.20. The first-order valence-electron chi connectivity index (χ1n) is 6.61. The SMILES string of the molecule is CCC(C)CCN(CC)CCCCNC. The maximum Gasteiger partial charge on any atom is -0.00163 e. The van der Waals surface area contributed by atoms with Crippen molar-refractivity contribution >= 4 is 0 Å². The maximum absolute atomic E-state index is 3.20. The number of hydrogen-bond acceptors (Lipinski definition) is 2. The zero-order valence-electron chi connectivity index (χ0n) is 11.2. The lowest BCUT2D eigenvalue weighted by atomic mass is 10.1. The van der Waals surface area contributed by atoms with Crippen molar-refractivity contribution in [2.24, 2.45) is 5.92 Å². The molecule has 2 heteroatoms. The molecule has 0 aliphatic carbocycles. The van der Waals surface area contributed by atoms with Gasteiger partial charge in [-0.15, -0.1) is 0 Å². The molecule has 0 saturated carbocycles. The normalized spacial score (nSPS) is 13.4. The average molecular weight is 214 g/mol. The molecular formula is C13H30N2. The van der Waals surface area contributed by atoms with Gasteiger partial charge in [-0.1, -0.05) is 27.2 Å². The summed E-state index contributed by atoms with van der Waals surface area (Å²) < 4.78 is 0. The Labute approximate surface area is 96.4 Å². The van der Waals surface area contributed by atoms with Crippen LogP contribution in [0.5, 0.6) is 0 Å². The van der Waals surface area contributed by atoms with Crippen LogP contribution < -0.4 is 5.32 Å². The van der Waals surface area contributed by atoms with Crippen molar-refractivity contribution in [3.63, 3.8) is 0 Å². The smallest absolute Gasteiger partial charge is 0.00163 e. The highest BCUT2D eigenvalue weighted by Gasteiger charge is 2.04. The van der Waals surface area contributed by atoms with Crippen molar-refractivity contribution < 1.29 is 0 Å². The minimum atomic E-state index is 0.886. The fraction of sp³-hybridized carbons (Fsp3) is 1.00. The lowest BCUT2D eigenvalue weighted by Gasteiger charge is -2.21. The molecule has 15 heavy (non-hydrogen) atoms. The summed E-state index contributed by atoms with van der Waals surface area (Å²) in [6.07, 6.45) is 5.30. The molecule has 0 aromatic rings. The average Bonchev–Trinajstić information content (AvgIpc) is 2.27. The quantitative estimate of drug-likeness (QED) is 0.563. The van der Waals surface area contributed by atoms with Crippen molar-refractivity contribution in [2.75, 3.05) is 33.2 Å². The van der Waals surface area contributed by atoms with Gasteiger partial charge in [0.2, 0.25) is 0 Å². The van der Waals surface area contributed by atoms with E-state index in [0.29, 0.717) is 0 Å². The summed E-state index contributed by atoms with van der Waals surface area (Å²) in [7, 11) is 2.03. The van der Waals surface area contributed by atoms with Crippen LogP contribution in [0.1, 0.15) is 46.5 Å². The van der Waals surface area contributed by atoms with Gasteiger partial charge in [0.15, 0.2) is 0 Å². The van der Waals surface area contributed by atoms with Gasteiger partial charge in [0.05, 0.1) is 0 Å². The number of unbranched alkanes of at least 4 members (excludes halogenated alkanes) is 1. The first-order chi connectivity index (χ1) is 7.24. The first kappa shape index (κ1) is 14.9. The van der Waals surface area contributed by atoms with Gasteiger partial charge in [0, 0.05) is 0 Å². The predicted octanol–water partition coefficient (Wildman–Crippen LogP) is 2.74. The molecule has 0 aromatic carbocycles. The molecule has 1 atom stereocenters. The Kier molecular flexibility index (Phi) is 10.4. The van der Waals surface area contributed by atoms with Crippen LogP contribution >= 0.6 is 0 Å². The van der Waals surface area contributed by atoms with Crippen molar-refractivity contribution in [1.29, 1.82) is 0 Å². The fourth-order valence-corrected chi connectivity index (χ4v) is 1.67. The predicted molar refractivity (Wildman–Crippen MR) is 69.3 cm³/mol. The summed E-state index contributed by atoms with van der Waals surface area (Å²) in [5, 5.41) is 3.20. The molecule has 0 bridgehead atoms. The van der Waals surface area contributed by atoms with Crippen LogP contribution in [0.2, 0.25) is 0 Å². The van der Waals surface area contributed by atoms with Crippen molar-refractivity contribution in [3.05, 3.63) is 0 Å². The van der Waals surface area contributed by atoms with E-state index in [1.165, 1.54) is 45.3 Å². The molecule has 0 aliphatic heterocycles. The minimum Gasteiger partial charge on any atom is -0.320 e. The van der Waals surface area contributed by atoms with Crippen molar-refractivity contribution in [2.45, 2.75) is 46.5 Å². The van der Waals surface area contributed by atoms with Crippen LogP contribution in [-0.2, 0) is 0 Å². The molecule has 0 heterocycles. The van der Waals surface area contributed by atoms with Crippen LogP contribution in [0.4, 0.5) is 0 Å². The number of nitrogens with one attached hydrogen (secondary N) is 1. The molecule has 1 N–H and O–H groups in total. The zero-order valence-corrected chi connectivity index (χ0v) is 11.2. The van der Waals surface area contributed by atoms with Crippen molar-refractivity contribution in [3.8, 4) is 0 Å². The second-order valence-electron chi connectivity index (χ2n) is 4.55. The Hall–Kier alpha value is -0.0800. The van der Waals surface area contributed by atoms with Crippen LogP contribution in [0.25, 0.3) is 0 Å². The summed E-state index contributed by atoms with van der Waals surface area (Å²) >= 11 is 0. The molecule has 0 spiro atoms. The van der Waals surface area contributed by atoms with Gasteiger partial charge in [0.25, 0.3) is 0 Å². The van der Waals surface area contributed by atoms with E-state index in [1.807, 2.05) is 7.05 Å². The van der Waals surface area contributed by atoms with Gasteiger partial charge in [-0.25, -0.2) is 0 Å². The topological polar surface area (TPSA) is 15.3 Å². The molecule has 0 rings (SSSR count). The largest absolute Gasteiger partial charge is 0.320 e. The Bertz CT molecular complexity index is 126. The zero-order chi connectivity index (χ0) is 11.5. The van der Waals surface area contributed by atoms with E-state index in [9.17, 15) is 0 Å². The van der Waals surface area contributed by atoms with Gasteiger partial charge in [-0.05, 0) is 58.4 Å². The third-order valence-electron chi connectivity index (χ3n) is 3.23. The van der Waals surface area contributed by atoms with Gasteiger partial charge in [-0.3, -0.25) is 0 Å². The first-order valence-corrected chi connectivity index (χ1v) is 6.61. The van der Waals surface area contributed by atoms with E-state index in [4.69, 9.17) is 0 Å². The number of nitrogens with zero attached hydrogens (tertiary/aromatic N) is 1. The van der Waals surface area contributed by atoms with Crippen LogP contribution in [0.3, 0.4) is 0 Å². The second-order valence-corrected chi connectivity index (χ2v) is 4.55. The Morgan fingerprint density at radius 3 is 2.40 bits per heavy atom. The van der Waals surface area contributed by atoms with Crippen LogP contribution in [0, 0.1) is 5.92 Å². The van der Waals surface area contributed by atoms with E-state index >= 15 is 0 Å². The molecule has 0 aliphatic rings. The van der Waals surface area contributed by atoms with Gasteiger partial charge in [0.1, 0.15) is 0 Å². The fourth-order valence-electron chi connectivity index (χ4n) is 1.67. The van der Waals surface area contributed by atoms with E-state index in [-0.39, 0.29) is 0 Å².